The van der Waals surface area contributed by atoms with E-state index >= 15 is 0 Å². The van der Waals surface area contributed by atoms with Crippen molar-refractivity contribution in [1.82, 2.24) is 0 Å². The first-order chi connectivity index (χ1) is 9.37. The molecule has 0 aromatic rings. The van der Waals surface area contributed by atoms with Crippen LogP contribution in [0.2, 0.25) is 0 Å². The molecule has 0 heterocycles. The molecule has 0 radical (unpaired) electrons. The molecule has 0 N–H and O–H groups in total. The van der Waals surface area contributed by atoms with Gasteiger partial charge in [-0.3, -0.25) is 0 Å². The molecule has 0 aromatic carbocycles. The third-order valence-electron chi connectivity index (χ3n) is 2.32. The van der Waals surface area contributed by atoms with E-state index < -0.39 is 35.9 Å². The van der Waals surface area contributed by atoms with Crippen LogP contribution in [0, 0.1) is 0 Å². The molecule has 0 rings (SSSR count). The Morgan fingerprint density at radius 2 is 0.500 bits per heavy atom. The molecule has 0 unspecified atom stereocenters. The molecule has 0 fully saturated rings. The zero-order valence-electron chi connectivity index (χ0n) is 9.11. The average molecular weight is 370 g/mol. The maximum Gasteiger partial charge on any atom is 0.433 e. The van der Waals surface area contributed by atoms with E-state index in [1.54, 1.807) is 0 Å². The van der Waals surface area contributed by atoms with E-state index in [-0.39, 0.29) is 0 Å². The average Bonchev–Trinajstić information content (AvgIpc) is 2.17. The van der Waals surface area contributed by atoms with Crippen molar-refractivity contribution in [3.63, 3.8) is 0 Å². The molecule has 0 aliphatic heterocycles. The van der Waals surface area contributed by atoms with Crippen molar-refractivity contribution in [3.8, 4) is 0 Å². The fourth-order valence-electron chi connectivity index (χ4n) is 1.40. The second-order valence-corrected chi connectivity index (χ2v) is 3.51. The molecule has 0 amide bonds. The van der Waals surface area contributed by atoms with Crippen LogP contribution in [-0.4, -0.2) is 35.9 Å². The van der Waals surface area contributed by atoms with Crippen LogP contribution < -0.4 is 0 Å². The van der Waals surface area contributed by atoms with Gasteiger partial charge in [0.2, 0.25) is 0 Å². The third-order valence-corrected chi connectivity index (χ3v) is 2.32. The molecule has 16 heteroatoms. The van der Waals surface area contributed by atoms with Crippen LogP contribution in [0.5, 0.6) is 0 Å². The molecular weight excluding hydrogens is 370 g/mol. The molecule has 22 heavy (non-hydrogen) atoms. The second-order valence-electron chi connectivity index (χ2n) is 3.51. The normalized spacial score (nSPS) is 16.1. The molecule has 0 bridgehead atoms. The Morgan fingerprint density at radius 3 is 0.545 bits per heavy atom. The molecule has 2 nitrogen and oxygen atoms in total. The van der Waals surface area contributed by atoms with E-state index in [0.717, 1.165) is 9.88 Å². The van der Waals surface area contributed by atoms with Gasteiger partial charge in [-0.05, 0) is 9.05 Å². The minimum atomic E-state index is -7.78. The van der Waals surface area contributed by atoms with Gasteiger partial charge in [0.25, 0.3) is 0 Å². The number of alkyl halides is 12. The predicted octanol–water partition coefficient (Wildman–Crippen LogP) is 4.52. The van der Waals surface area contributed by atoms with Crippen LogP contribution in [0.25, 0.3) is 0 Å². The van der Waals surface area contributed by atoms with Crippen molar-refractivity contribution < 1.29 is 71.6 Å². The molecular formula is C6F14O2. The van der Waals surface area contributed by atoms with Crippen molar-refractivity contribution in [3.05, 3.63) is 0 Å². The highest BCUT2D eigenvalue weighted by Crippen LogP contribution is 2.63. The first-order valence-electron chi connectivity index (χ1n) is 4.23. The van der Waals surface area contributed by atoms with Crippen molar-refractivity contribution in [2.75, 3.05) is 0 Å². The summed E-state index contributed by atoms with van der Waals surface area (Å²) in [4.78, 5) is 2.04. The standard InChI is InChI=1S/C6F14O2/c7-3(8,9)1(21-19,4(10,11)12)2(22-20,5(13,14)15)6(16,17)18. The van der Waals surface area contributed by atoms with Crippen LogP contribution in [0.3, 0.4) is 0 Å². The first-order valence-corrected chi connectivity index (χ1v) is 4.23. The quantitative estimate of drug-likeness (QED) is 0.681. The summed E-state index contributed by atoms with van der Waals surface area (Å²) in [7, 11) is 0. The summed E-state index contributed by atoms with van der Waals surface area (Å²) in [6.45, 7) is 0. The van der Waals surface area contributed by atoms with Crippen molar-refractivity contribution in [1.29, 1.82) is 0 Å². The van der Waals surface area contributed by atoms with E-state index in [4.69, 9.17) is 0 Å². The topological polar surface area (TPSA) is 18.5 Å². The van der Waals surface area contributed by atoms with Gasteiger partial charge in [-0.2, -0.15) is 62.6 Å². The van der Waals surface area contributed by atoms with Crippen molar-refractivity contribution in [2.24, 2.45) is 0 Å². The van der Waals surface area contributed by atoms with Crippen LogP contribution in [0.1, 0.15) is 0 Å². The Balaban J connectivity index is 7.16. The molecule has 0 saturated carbocycles. The monoisotopic (exact) mass is 370 g/mol. The molecule has 0 aliphatic rings. The summed E-state index contributed by atoms with van der Waals surface area (Å²) in [5.74, 6) is 0. The van der Waals surface area contributed by atoms with Gasteiger partial charge >= 0.3 is 35.9 Å². The highest BCUT2D eigenvalue weighted by molar-refractivity contribution is 5.18. The lowest BCUT2D eigenvalue weighted by Crippen LogP contribution is -2.81. The number of hydrogen-bond donors (Lipinski definition) is 0. The zero-order chi connectivity index (χ0) is 18.4. The van der Waals surface area contributed by atoms with E-state index in [1.165, 1.54) is 0 Å². The summed E-state index contributed by atoms with van der Waals surface area (Å²) in [5.41, 5.74) is -15.5. The Hall–Kier alpha value is -1.06. The van der Waals surface area contributed by atoms with Gasteiger partial charge in [0.1, 0.15) is 0 Å². The lowest BCUT2D eigenvalue weighted by atomic mass is 9.79. The Bertz CT molecular complexity index is 318. The summed E-state index contributed by atoms with van der Waals surface area (Å²) in [6.07, 6.45) is -31.1. The van der Waals surface area contributed by atoms with Gasteiger partial charge in [0.15, 0.2) is 0 Å². The smallest absolute Gasteiger partial charge is 0.167 e. The molecule has 0 spiro atoms. The number of rotatable bonds is 3. The highest BCUT2D eigenvalue weighted by atomic mass is 19.4. The number of halogens is 14. The van der Waals surface area contributed by atoms with Crippen LogP contribution in [-0.2, 0) is 9.88 Å². The van der Waals surface area contributed by atoms with Crippen molar-refractivity contribution in [2.45, 2.75) is 35.9 Å². The summed E-state index contributed by atoms with van der Waals surface area (Å²) < 4.78 is 171. The van der Waals surface area contributed by atoms with E-state index in [2.05, 4.69) is 0 Å². The van der Waals surface area contributed by atoms with Gasteiger partial charge in [-0.1, -0.05) is 0 Å². The Kier molecular flexibility index (Phi) is 4.99. The van der Waals surface area contributed by atoms with Gasteiger partial charge in [0, 0.05) is 0 Å². The van der Waals surface area contributed by atoms with Gasteiger partial charge in [0.05, 0.1) is 0 Å². The minimum Gasteiger partial charge on any atom is -0.167 e. The van der Waals surface area contributed by atoms with E-state index in [1.807, 2.05) is 0 Å². The lowest BCUT2D eigenvalue weighted by Gasteiger charge is -2.45. The van der Waals surface area contributed by atoms with Crippen molar-refractivity contribution >= 4 is 0 Å². The van der Waals surface area contributed by atoms with E-state index in [9.17, 15) is 61.7 Å². The first kappa shape index (κ1) is 20.9. The molecule has 134 valence electrons. The summed E-state index contributed by atoms with van der Waals surface area (Å²) in [6, 6.07) is 0. The van der Waals surface area contributed by atoms with Crippen LogP contribution in [0.4, 0.5) is 61.7 Å². The Labute approximate surface area is 109 Å². The maximum absolute atomic E-state index is 12.3. The van der Waals surface area contributed by atoms with Gasteiger partial charge < -0.3 is 0 Å². The Morgan fingerprint density at radius 1 is 0.364 bits per heavy atom. The maximum atomic E-state index is 12.3. The zero-order valence-corrected chi connectivity index (χ0v) is 9.11. The predicted molar refractivity (Wildman–Crippen MR) is 34.1 cm³/mol. The highest BCUT2D eigenvalue weighted by Gasteiger charge is 2.98. The van der Waals surface area contributed by atoms with Gasteiger partial charge in [-0.25, -0.2) is 0 Å². The summed E-state index contributed by atoms with van der Waals surface area (Å²) >= 11 is 0. The lowest BCUT2D eigenvalue weighted by molar-refractivity contribution is -0.560. The molecule has 0 aliphatic carbocycles. The van der Waals surface area contributed by atoms with E-state index in [0.29, 0.717) is 0 Å². The van der Waals surface area contributed by atoms with Crippen LogP contribution >= 0.6 is 0 Å². The van der Waals surface area contributed by atoms with Crippen LogP contribution in [0.15, 0.2) is 0 Å². The third kappa shape index (κ3) is 2.44. The fourth-order valence-corrected chi connectivity index (χ4v) is 1.40. The molecule has 0 atom stereocenters. The molecule has 0 aromatic heterocycles. The fraction of sp³-hybridized carbons (Fsp3) is 1.00. The summed E-state index contributed by atoms with van der Waals surface area (Å²) in [5, 5.41) is 0. The number of hydrogen-bond acceptors (Lipinski definition) is 2. The van der Waals surface area contributed by atoms with Gasteiger partial charge in [-0.15, -0.1) is 0 Å². The largest absolute Gasteiger partial charge is 0.433 e. The second kappa shape index (κ2) is 5.24. The SMILES string of the molecule is FOC(C(F)(F)F)(C(F)(F)F)C(OF)(C(F)(F)F)C(F)(F)F. The minimum absolute atomic E-state index is 1.02. The molecule has 0 saturated heterocycles.